The minimum atomic E-state index is -0.594. The molecule has 2 aliphatic heterocycles. The number of anilines is 1. The zero-order chi connectivity index (χ0) is 19.2. The van der Waals surface area contributed by atoms with Gasteiger partial charge in [-0.3, -0.25) is 9.59 Å². The molecule has 2 fully saturated rings. The minimum absolute atomic E-state index is 0.00529. The second-order valence-electron chi connectivity index (χ2n) is 7.36. The molecule has 0 radical (unpaired) electrons. The van der Waals surface area contributed by atoms with Gasteiger partial charge in [0.1, 0.15) is 6.04 Å². The first-order chi connectivity index (χ1) is 13.0. The predicted octanol–water partition coefficient (Wildman–Crippen LogP) is 2.12. The molecule has 1 aromatic rings. The summed E-state index contributed by atoms with van der Waals surface area (Å²) in [6.45, 7) is 4.18. The van der Waals surface area contributed by atoms with Gasteiger partial charge in [-0.2, -0.15) is 0 Å². The number of carbonyl (C=O) groups is 3. The normalized spacial score (nSPS) is 20.3. The Hall–Kier alpha value is -2.57. The number of nitrogens with zero attached hydrogens (tertiary/aromatic N) is 2. The van der Waals surface area contributed by atoms with Gasteiger partial charge < -0.3 is 20.4 Å². The number of hydrogen-bond donors (Lipinski definition) is 2. The molecule has 4 amide bonds. The van der Waals surface area contributed by atoms with E-state index in [9.17, 15) is 14.4 Å². The monoisotopic (exact) mass is 372 g/mol. The Morgan fingerprint density at radius 2 is 1.85 bits per heavy atom. The molecule has 146 valence electrons. The molecular weight excluding hydrogens is 344 g/mol. The van der Waals surface area contributed by atoms with Crippen molar-refractivity contribution in [3.05, 3.63) is 29.8 Å². The van der Waals surface area contributed by atoms with E-state index in [1.165, 1.54) is 0 Å². The number of carbonyl (C=O) groups excluding carboxylic acids is 3. The molecule has 7 heteroatoms. The molecule has 1 aromatic carbocycles. The van der Waals surface area contributed by atoms with Crippen LogP contribution in [-0.2, 0) is 9.59 Å². The summed E-state index contributed by atoms with van der Waals surface area (Å²) in [6.07, 6.45) is 4.34. The van der Waals surface area contributed by atoms with Gasteiger partial charge in [0.25, 0.3) is 0 Å². The fourth-order valence-corrected chi connectivity index (χ4v) is 3.67. The van der Waals surface area contributed by atoms with E-state index >= 15 is 0 Å². The van der Waals surface area contributed by atoms with Crippen molar-refractivity contribution in [1.29, 1.82) is 0 Å². The second-order valence-corrected chi connectivity index (χ2v) is 7.36. The summed E-state index contributed by atoms with van der Waals surface area (Å²) in [5, 5.41) is 5.56. The van der Waals surface area contributed by atoms with Crippen LogP contribution in [0.2, 0.25) is 0 Å². The first-order valence-corrected chi connectivity index (χ1v) is 9.74. The molecule has 3 rings (SSSR count). The molecule has 2 aliphatic rings. The lowest BCUT2D eigenvalue weighted by atomic mass is 10.1. The summed E-state index contributed by atoms with van der Waals surface area (Å²) < 4.78 is 0. The van der Waals surface area contributed by atoms with Crippen molar-refractivity contribution in [2.45, 2.75) is 45.1 Å². The standard InChI is InChI=1S/C20H28N4O3/c1-15-7-6-8-16(13-15)21-20(27)22-17-9-2-3-12-24(19(17)26)14-18(25)23-10-4-5-11-23/h6-8,13,17H,2-5,9-12,14H2,1H3,(H2,21,22,27)/t17-/m1/s1. The summed E-state index contributed by atoms with van der Waals surface area (Å²) >= 11 is 0. The van der Waals surface area contributed by atoms with E-state index in [0.29, 0.717) is 18.7 Å². The van der Waals surface area contributed by atoms with Gasteiger partial charge in [-0.1, -0.05) is 12.1 Å². The molecular formula is C20H28N4O3. The second kappa shape index (κ2) is 8.88. The zero-order valence-electron chi connectivity index (χ0n) is 15.9. The Balaban J connectivity index is 1.57. The third-order valence-corrected chi connectivity index (χ3v) is 5.15. The van der Waals surface area contributed by atoms with Crippen molar-refractivity contribution >= 4 is 23.5 Å². The largest absolute Gasteiger partial charge is 0.341 e. The predicted molar refractivity (Wildman–Crippen MR) is 103 cm³/mol. The maximum absolute atomic E-state index is 12.9. The number of urea groups is 1. The highest BCUT2D eigenvalue weighted by molar-refractivity contribution is 5.94. The summed E-state index contributed by atoms with van der Waals surface area (Å²) in [5.41, 5.74) is 1.74. The van der Waals surface area contributed by atoms with E-state index in [2.05, 4.69) is 10.6 Å². The zero-order valence-corrected chi connectivity index (χ0v) is 15.9. The molecule has 2 saturated heterocycles. The average Bonchev–Trinajstić information content (AvgIpc) is 3.12. The van der Waals surface area contributed by atoms with Crippen LogP contribution < -0.4 is 10.6 Å². The number of nitrogens with one attached hydrogen (secondary N) is 2. The Bertz CT molecular complexity index is 700. The van der Waals surface area contributed by atoms with Crippen molar-refractivity contribution in [3.63, 3.8) is 0 Å². The third kappa shape index (κ3) is 5.21. The average molecular weight is 372 g/mol. The molecule has 1 atom stereocenters. The molecule has 0 bridgehead atoms. The van der Waals surface area contributed by atoms with Crippen LogP contribution >= 0.6 is 0 Å². The van der Waals surface area contributed by atoms with Crippen LogP contribution in [0.4, 0.5) is 10.5 Å². The Morgan fingerprint density at radius 1 is 1.11 bits per heavy atom. The lowest BCUT2D eigenvalue weighted by Crippen LogP contribution is -2.51. The van der Waals surface area contributed by atoms with Gasteiger partial charge in [0, 0.05) is 25.3 Å². The number of amides is 4. The Labute approximate surface area is 160 Å². The maximum Gasteiger partial charge on any atom is 0.319 e. The van der Waals surface area contributed by atoms with Crippen LogP contribution in [0.5, 0.6) is 0 Å². The van der Waals surface area contributed by atoms with Gasteiger partial charge in [0.15, 0.2) is 0 Å². The van der Waals surface area contributed by atoms with Gasteiger partial charge in [-0.15, -0.1) is 0 Å². The van der Waals surface area contributed by atoms with Gasteiger partial charge in [-0.05, 0) is 56.7 Å². The highest BCUT2D eigenvalue weighted by atomic mass is 16.2. The van der Waals surface area contributed by atoms with Crippen LogP contribution in [0.3, 0.4) is 0 Å². The summed E-state index contributed by atoms with van der Waals surface area (Å²) in [7, 11) is 0. The van der Waals surface area contributed by atoms with E-state index in [4.69, 9.17) is 0 Å². The van der Waals surface area contributed by atoms with E-state index in [1.807, 2.05) is 36.1 Å². The van der Waals surface area contributed by atoms with E-state index in [-0.39, 0.29) is 18.4 Å². The SMILES string of the molecule is Cc1cccc(NC(=O)N[C@@H]2CCCCN(CC(=O)N3CCCC3)C2=O)c1. The van der Waals surface area contributed by atoms with E-state index in [0.717, 1.165) is 44.3 Å². The molecule has 27 heavy (non-hydrogen) atoms. The molecule has 0 spiro atoms. The quantitative estimate of drug-likeness (QED) is 0.849. The van der Waals surface area contributed by atoms with Crippen LogP contribution in [0.25, 0.3) is 0 Å². The molecule has 7 nitrogen and oxygen atoms in total. The number of hydrogen-bond acceptors (Lipinski definition) is 3. The van der Waals surface area contributed by atoms with Gasteiger partial charge in [0.2, 0.25) is 11.8 Å². The van der Waals surface area contributed by atoms with Crippen molar-refractivity contribution in [1.82, 2.24) is 15.1 Å². The van der Waals surface area contributed by atoms with E-state index < -0.39 is 12.1 Å². The van der Waals surface area contributed by atoms with E-state index in [1.54, 1.807) is 4.90 Å². The fraction of sp³-hybridized carbons (Fsp3) is 0.550. The highest BCUT2D eigenvalue weighted by Crippen LogP contribution is 2.15. The smallest absolute Gasteiger partial charge is 0.319 e. The topological polar surface area (TPSA) is 81.8 Å². The number of rotatable bonds is 4. The lowest BCUT2D eigenvalue weighted by Gasteiger charge is -2.26. The molecule has 0 aliphatic carbocycles. The first kappa shape index (κ1) is 19.2. The summed E-state index contributed by atoms with van der Waals surface area (Å²) in [4.78, 5) is 41.0. The van der Waals surface area contributed by atoms with Crippen molar-refractivity contribution in [2.75, 3.05) is 31.5 Å². The number of likely N-dealkylation sites (tertiary alicyclic amines) is 2. The lowest BCUT2D eigenvalue weighted by molar-refractivity contribution is -0.140. The molecule has 0 unspecified atom stereocenters. The van der Waals surface area contributed by atoms with Crippen LogP contribution in [0.15, 0.2) is 24.3 Å². The van der Waals surface area contributed by atoms with Crippen molar-refractivity contribution in [2.24, 2.45) is 0 Å². The summed E-state index contributed by atoms with van der Waals surface area (Å²) in [5.74, 6) is -0.162. The number of aryl methyl sites for hydroxylation is 1. The Kier molecular flexibility index (Phi) is 6.32. The summed E-state index contributed by atoms with van der Waals surface area (Å²) in [6, 6.07) is 6.51. The molecule has 2 heterocycles. The highest BCUT2D eigenvalue weighted by Gasteiger charge is 2.30. The third-order valence-electron chi connectivity index (χ3n) is 5.15. The Morgan fingerprint density at radius 3 is 2.59 bits per heavy atom. The van der Waals surface area contributed by atoms with Crippen molar-refractivity contribution < 1.29 is 14.4 Å². The van der Waals surface area contributed by atoms with Gasteiger partial charge >= 0.3 is 6.03 Å². The van der Waals surface area contributed by atoms with Gasteiger partial charge in [0.05, 0.1) is 6.54 Å². The van der Waals surface area contributed by atoms with Crippen molar-refractivity contribution in [3.8, 4) is 0 Å². The van der Waals surface area contributed by atoms with Crippen LogP contribution in [-0.4, -0.2) is 59.9 Å². The van der Waals surface area contributed by atoms with Crippen LogP contribution in [0, 0.1) is 6.92 Å². The van der Waals surface area contributed by atoms with Crippen LogP contribution in [0.1, 0.15) is 37.7 Å². The fourth-order valence-electron chi connectivity index (χ4n) is 3.67. The number of benzene rings is 1. The minimum Gasteiger partial charge on any atom is -0.341 e. The first-order valence-electron chi connectivity index (χ1n) is 9.74. The van der Waals surface area contributed by atoms with Gasteiger partial charge in [-0.25, -0.2) is 4.79 Å². The molecule has 2 N–H and O–H groups in total. The molecule has 0 saturated carbocycles. The molecule has 0 aromatic heterocycles. The maximum atomic E-state index is 12.9.